The first-order chi connectivity index (χ1) is 10.6. The van der Waals surface area contributed by atoms with Crippen LogP contribution in [0, 0.1) is 13.8 Å². The molecule has 0 aliphatic heterocycles. The number of benzene rings is 1. The third-order valence-electron chi connectivity index (χ3n) is 3.61. The molecule has 1 amide bonds. The molecule has 0 fully saturated rings. The van der Waals surface area contributed by atoms with Gasteiger partial charge in [-0.1, -0.05) is 18.2 Å². The maximum Gasteiger partial charge on any atom is 0.257 e. The summed E-state index contributed by atoms with van der Waals surface area (Å²) in [4.78, 5) is 13.9. The lowest BCUT2D eigenvalue weighted by atomic mass is 10.2. The number of para-hydroxylation sites is 1. The van der Waals surface area contributed by atoms with Gasteiger partial charge in [0, 0.05) is 13.1 Å². The third-order valence-corrected chi connectivity index (χ3v) is 3.61. The van der Waals surface area contributed by atoms with Gasteiger partial charge in [-0.05, 0) is 25.5 Å². The third kappa shape index (κ3) is 3.18. The topological polar surface area (TPSA) is 78.6 Å². The molecule has 0 unspecified atom stereocenters. The Labute approximate surface area is 129 Å². The first kappa shape index (κ1) is 16.2. The fourth-order valence-electron chi connectivity index (χ4n) is 2.39. The Morgan fingerprint density at radius 3 is 2.41 bits per heavy atom. The van der Waals surface area contributed by atoms with Crippen molar-refractivity contribution in [1.29, 1.82) is 0 Å². The summed E-state index contributed by atoms with van der Waals surface area (Å²) >= 11 is 0. The number of hydrogen-bond acceptors (Lipinski definition) is 4. The van der Waals surface area contributed by atoms with E-state index in [-0.39, 0.29) is 32.2 Å². The van der Waals surface area contributed by atoms with Crippen molar-refractivity contribution in [2.75, 3.05) is 26.3 Å². The summed E-state index contributed by atoms with van der Waals surface area (Å²) in [5, 5.41) is 22.4. The van der Waals surface area contributed by atoms with Crippen molar-refractivity contribution in [1.82, 2.24) is 14.7 Å². The number of carbonyl (C=O) groups excluding carboxylic acids is 1. The lowest BCUT2D eigenvalue weighted by Crippen LogP contribution is -2.36. The Bertz CT molecular complexity index is 646. The summed E-state index contributed by atoms with van der Waals surface area (Å²) in [7, 11) is 0. The number of amides is 1. The number of aryl methyl sites for hydroxylation is 1. The van der Waals surface area contributed by atoms with Crippen molar-refractivity contribution in [2.24, 2.45) is 0 Å². The van der Waals surface area contributed by atoms with Crippen LogP contribution >= 0.6 is 0 Å². The Morgan fingerprint density at radius 1 is 1.18 bits per heavy atom. The Balaban J connectivity index is 2.35. The van der Waals surface area contributed by atoms with Gasteiger partial charge in [-0.15, -0.1) is 0 Å². The van der Waals surface area contributed by atoms with Crippen LogP contribution in [0.1, 0.15) is 21.6 Å². The Kier molecular flexibility index (Phi) is 5.30. The minimum Gasteiger partial charge on any atom is -0.395 e. The van der Waals surface area contributed by atoms with E-state index in [0.717, 1.165) is 16.9 Å². The molecule has 2 aromatic rings. The van der Waals surface area contributed by atoms with Gasteiger partial charge in [0.25, 0.3) is 5.91 Å². The quantitative estimate of drug-likeness (QED) is 0.831. The van der Waals surface area contributed by atoms with Gasteiger partial charge in [0.15, 0.2) is 0 Å². The highest BCUT2D eigenvalue weighted by Gasteiger charge is 2.20. The molecule has 0 bridgehead atoms. The fraction of sp³-hybridized carbons (Fsp3) is 0.375. The zero-order chi connectivity index (χ0) is 16.1. The van der Waals surface area contributed by atoms with E-state index < -0.39 is 0 Å². The van der Waals surface area contributed by atoms with Crippen LogP contribution in [0.5, 0.6) is 0 Å². The number of aromatic nitrogens is 2. The summed E-state index contributed by atoms with van der Waals surface area (Å²) in [5.41, 5.74) is 3.20. The monoisotopic (exact) mass is 303 g/mol. The lowest BCUT2D eigenvalue weighted by molar-refractivity contribution is 0.0684. The minimum atomic E-state index is -0.236. The molecule has 0 aliphatic rings. The summed E-state index contributed by atoms with van der Waals surface area (Å²) in [5.74, 6) is -0.236. The van der Waals surface area contributed by atoms with E-state index in [9.17, 15) is 4.79 Å². The summed E-state index contributed by atoms with van der Waals surface area (Å²) < 4.78 is 1.73. The number of aliphatic hydroxyl groups excluding tert-OH is 2. The summed E-state index contributed by atoms with van der Waals surface area (Å²) in [6.07, 6.45) is 1.53. The molecule has 6 heteroatoms. The highest BCUT2D eigenvalue weighted by Crippen LogP contribution is 2.18. The zero-order valence-electron chi connectivity index (χ0n) is 12.9. The van der Waals surface area contributed by atoms with E-state index >= 15 is 0 Å². The largest absolute Gasteiger partial charge is 0.395 e. The van der Waals surface area contributed by atoms with E-state index in [0.29, 0.717) is 5.56 Å². The Hall–Kier alpha value is -2.18. The molecule has 1 heterocycles. The number of carbonyl (C=O) groups is 1. The summed E-state index contributed by atoms with van der Waals surface area (Å²) in [6, 6.07) is 7.81. The molecule has 1 aromatic carbocycles. The zero-order valence-corrected chi connectivity index (χ0v) is 12.9. The molecule has 118 valence electrons. The van der Waals surface area contributed by atoms with Crippen molar-refractivity contribution in [3.05, 3.63) is 47.3 Å². The number of nitrogens with zero attached hydrogens (tertiary/aromatic N) is 3. The van der Waals surface area contributed by atoms with Crippen molar-refractivity contribution in [2.45, 2.75) is 13.8 Å². The van der Waals surface area contributed by atoms with Gasteiger partial charge in [0.2, 0.25) is 0 Å². The van der Waals surface area contributed by atoms with Gasteiger partial charge in [-0.25, -0.2) is 4.68 Å². The van der Waals surface area contributed by atoms with Gasteiger partial charge in [-0.3, -0.25) is 4.79 Å². The fourth-order valence-corrected chi connectivity index (χ4v) is 2.39. The van der Waals surface area contributed by atoms with Crippen LogP contribution in [0.25, 0.3) is 5.69 Å². The lowest BCUT2D eigenvalue weighted by Gasteiger charge is -2.20. The Morgan fingerprint density at radius 2 is 1.82 bits per heavy atom. The molecular weight excluding hydrogens is 282 g/mol. The van der Waals surface area contributed by atoms with E-state index in [2.05, 4.69) is 5.10 Å². The van der Waals surface area contributed by atoms with Gasteiger partial charge >= 0.3 is 0 Å². The van der Waals surface area contributed by atoms with Crippen LogP contribution in [-0.2, 0) is 0 Å². The number of hydrogen-bond donors (Lipinski definition) is 2. The van der Waals surface area contributed by atoms with Gasteiger partial charge in [0.05, 0.1) is 36.4 Å². The second kappa shape index (κ2) is 7.20. The van der Waals surface area contributed by atoms with Crippen LogP contribution in [0.15, 0.2) is 30.5 Å². The molecule has 22 heavy (non-hydrogen) atoms. The van der Waals surface area contributed by atoms with Crippen LogP contribution in [-0.4, -0.2) is 57.1 Å². The average Bonchev–Trinajstić information content (AvgIpc) is 2.88. The molecular formula is C16H21N3O3. The molecule has 6 nitrogen and oxygen atoms in total. The normalized spacial score (nSPS) is 10.7. The van der Waals surface area contributed by atoms with Crippen LogP contribution in [0.4, 0.5) is 0 Å². The SMILES string of the molecule is Cc1ccccc1-n1ncc(C(=O)N(CCO)CCO)c1C. The minimum absolute atomic E-state index is 0.142. The van der Waals surface area contributed by atoms with Crippen molar-refractivity contribution in [3.63, 3.8) is 0 Å². The average molecular weight is 303 g/mol. The second-order valence-corrected chi connectivity index (χ2v) is 5.08. The molecule has 0 atom stereocenters. The van der Waals surface area contributed by atoms with Crippen molar-refractivity contribution in [3.8, 4) is 5.69 Å². The molecule has 0 spiro atoms. The smallest absolute Gasteiger partial charge is 0.257 e. The molecule has 0 radical (unpaired) electrons. The first-order valence-electron chi connectivity index (χ1n) is 7.21. The second-order valence-electron chi connectivity index (χ2n) is 5.08. The maximum atomic E-state index is 12.5. The molecule has 1 aromatic heterocycles. The highest BCUT2D eigenvalue weighted by molar-refractivity contribution is 5.95. The van der Waals surface area contributed by atoms with Crippen molar-refractivity contribution < 1.29 is 15.0 Å². The molecule has 0 aliphatic carbocycles. The highest BCUT2D eigenvalue weighted by atomic mass is 16.3. The molecule has 2 rings (SSSR count). The van der Waals surface area contributed by atoms with Gasteiger partial charge in [0.1, 0.15) is 0 Å². The number of aliphatic hydroxyl groups is 2. The predicted octanol–water partition coefficient (Wildman–Crippen LogP) is 0.916. The van der Waals surface area contributed by atoms with Gasteiger partial charge < -0.3 is 15.1 Å². The maximum absolute atomic E-state index is 12.5. The van der Waals surface area contributed by atoms with Crippen LogP contribution in [0.3, 0.4) is 0 Å². The predicted molar refractivity (Wildman–Crippen MR) is 83.1 cm³/mol. The van der Waals surface area contributed by atoms with Gasteiger partial charge in [-0.2, -0.15) is 5.10 Å². The molecule has 0 saturated carbocycles. The van der Waals surface area contributed by atoms with Crippen molar-refractivity contribution >= 4 is 5.91 Å². The number of rotatable bonds is 6. The van der Waals surface area contributed by atoms with E-state index in [4.69, 9.17) is 10.2 Å². The molecule has 0 saturated heterocycles. The van der Waals surface area contributed by atoms with E-state index in [1.165, 1.54) is 11.1 Å². The first-order valence-corrected chi connectivity index (χ1v) is 7.21. The van der Waals surface area contributed by atoms with Crippen LogP contribution < -0.4 is 0 Å². The standard InChI is InChI=1S/C16H21N3O3/c1-12-5-3-4-6-15(12)19-13(2)14(11-17-19)16(22)18(7-9-20)8-10-21/h3-6,11,20-21H,7-10H2,1-2H3. The van der Waals surface area contributed by atoms with E-state index in [1.54, 1.807) is 4.68 Å². The summed E-state index contributed by atoms with van der Waals surface area (Å²) in [6.45, 7) is 3.92. The van der Waals surface area contributed by atoms with Crippen LogP contribution in [0.2, 0.25) is 0 Å². The van der Waals surface area contributed by atoms with E-state index in [1.807, 2.05) is 38.1 Å². The molecule has 2 N–H and O–H groups in total.